The number of aliphatic hydroxyl groups is 1. The fraction of sp³-hybridized carbons (Fsp3) is 0.263. The van der Waals surface area contributed by atoms with E-state index in [-0.39, 0.29) is 12.0 Å². The van der Waals surface area contributed by atoms with E-state index in [0.717, 1.165) is 21.5 Å². The summed E-state index contributed by atoms with van der Waals surface area (Å²) in [5.74, 6) is 0.0262. The molecule has 1 aliphatic heterocycles. The maximum Gasteiger partial charge on any atom is 0.254 e. The van der Waals surface area contributed by atoms with Crippen LogP contribution >= 0.6 is 11.3 Å². The predicted molar refractivity (Wildman–Crippen MR) is 96.2 cm³/mol. The molecule has 0 spiro atoms. The number of aliphatic hydroxyl groups excluding tert-OH is 1. The lowest BCUT2D eigenvalue weighted by Gasteiger charge is -2.30. The number of carbonyl (C=O) groups is 1. The Balaban J connectivity index is 1.79. The minimum absolute atomic E-state index is 0.0262. The normalized spacial score (nSPS) is 15.8. The molecular formula is C19H18N2O2S. The van der Waals surface area contributed by atoms with E-state index in [2.05, 4.69) is 0 Å². The summed E-state index contributed by atoms with van der Waals surface area (Å²) in [4.78, 5) is 20.7. The fourth-order valence-corrected chi connectivity index (χ4v) is 3.83. The molecule has 1 fully saturated rings. The van der Waals surface area contributed by atoms with Crippen LogP contribution in [-0.2, 0) is 0 Å². The third-order valence-electron chi connectivity index (χ3n) is 4.47. The Morgan fingerprint density at radius 3 is 2.71 bits per heavy atom. The maximum absolute atomic E-state index is 13.1. The third-order valence-corrected chi connectivity index (χ3v) is 5.36. The van der Waals surface area contributed by atoms with Gasteiger partial charge in [-0.15, -0.1) is 11.3 Å². The summed E-state index contributed by atoms with van der Waals surface area (Å²) in [5, 5.41) is 12.6. The smallest absolute Gasteiger partial charge is 0.254 e. The van der Waals surface area contributed by atoms with E-state index in [1.54, 1.807) is 11.3 Å². The molecule has 0 atom stereocenters. The van der Waals surface area contributed by atoms with Crippen LogP contribution in [0.15, 0.2) is 47.8 Å². The number of rotatable bonds is 2. The van der Waals surface area contributed by atoms with Gasteiger partial charge in [0, 0.05) is 18.5 Å². The van der Waals surface area contributed by atoms with Crippen LogP contribution in [0, 0.1) is 0 Å². The van der Waals surface area contributed by atoms with E-state index >= 15 is 0 Å². The van der Waals surface area contributed by atoms with Crippen molar-refractivity contribution in [3.63, 3.8) is 0 Å². The van der Waals surface area contributed by atoms with E-state index < -0.39 is 0 Å². The molecule has 0 radical (unpaired) electrons. The van der Waals surface area contributed by atoms with Gasteiger partial charge in [-0.1, -0.05) is 24.3 Å². The average Bonchev–Trinajstić information content (AvgIpc) is 3.15. The number of aromatic nitrogens is 1. The maximum atomic E-state index is 13.1. The molecular weight excluding hydrogens is 320 g/mol. The van der Waals surface area contributed by atoms with Gasteiger partial charge in [0.1, 0.15) is 0 Å². The molecule has 2 aromatic heterocycles. The van der Waals surface area contributed by atoms with Crippen molar-refractivity contribution in [2.24, 2.45) is 0 Å². The number of nitrogens with zero attached hydrogens (tertiary/aromatic N) is 2. The van der Waals surface area contributed by atoms with Crippen LogP contribution < -0.4 is 0 Å². The highest BCUT2D eigenvalue weighted by molar-refractivity contribution is 7.13. The topological polar surface area (TPSA) is 53.4 Å². The van der Waals surface area contributed by atoms with Crippen molar-refractivity contribution in [1.82, 2.24) is 9.88 Å². The van der Waals surface area contributed by atoms with Crippen molar-refractivity contribution in [1.29, 1.82) is 0 Å². The number of amides is 1. The van der Waals surface area contributed by atoms with Crippen LogP contribution in [0.2, 0.25) is 0 Å². The van der Waals surface area contributed by atoms with Crippen molar-refractivity contribution < 1.29 is 9.90 Å². The van der Waals surface area contributed by atoms with Gasteiger partial charge in [0.25, 0.3) is 5.91 Å². The number of benzene rings is 1. The molecule has 5 heteroatoms. The molecule has 3 aromatic rings. The second kappa shape index (κ2) is 6.34. The van der Waals surface area contributed by atoms with Crippen LogP contribution in [0.5, 0.6) is 0 Å². The molecule has 0 bridgehead atoms. The molecule has 1 saturated heterocycles. The monoisotopic (exact) mass is 338 g/mol. The first kappa shape index (κ1) is 15.3. The number of likely N-dealkylation sites (tertiary alicyclic amines) is 1. The van der Waals surface area contributed by atoms with Gasteiger partial charge in [0.05, 0.1) is 27.8 Å². The summed E-state index contributed by atoms with van der Waals surface area (Å²) in [6.45, 7) is 1.20. The van der Waals surface area contributed by atoms with Crippen molar-refractivity contribution in [3.05, 3.63) is 53.4 Å². The van der Waals surface area contributed by atoms with Crippen LogP contribution in [0.25, 0.3) is 21.5 Å². The average molecular weight is 338 g/mol. The lowest BCUT2D eigenvalue weighted by Crippen LogP contribution is -2.40. The molecule has 1 amide bonds. The quantitative estimate of drug-likeness (QED) is 0.777. The SMILES string of the molecule is O=C(c1cc(-c2cccs2)nc2ccccc12)N1CCC(O)CC1. The summed E-state index contributed by atoms with van der Waals surface area (Å²) >= 11 is 1.62. The summed E-state index contributed by atoms with van der Waals surface area (Å²) in [6, 6.07) is 13.7. The van der Waals surface area contributed by atoms with Gasteiger partial charge in [0.2, 0.25) is 0 Å². The second-order valence-corrected chi connectivity index (χ2v) is 7.02. The Morgan fingerprint density at radius 1 is 1.17 bits per heavy atom. The molecule has 24 heavy (non-hydrogen) atoms. The predicted octanol–water partition coefficient (Wildman–Crippen LogP) is 3.56. The van der Waals surface area contributed by atoms with Crippen molar-refractivity contribution in [2.45, 2.75) is 18.9 Å². The standard InChI is InChI=1S/C19H18N2O2S/c22-13-7-9-21(10-8-13)19(23)15-12-17(18-6-3-11-24-18)20-16-5-2-1-4-14(15)16/h1-6,11-13,22H,7-10H2. The number of hydrogen-bond acceptors (Lipinski definition) is 4. The summed E-state index contributed by atoms with van der Waals surface area (Å²) in [7, 11) is 0. The van der Waals surface area contributed by atoms with E-state index in [1.807, 2.05) is 52.7 Å². The van der Waals surface area contributed by atoms with Crippen LogP contribution in [0.1, 0.15) is 23.2 Å². The van der Waals surface area contributed by atoms with Crippen LogP contribution in [0.3, 0.4) is 0 Å². The number of carbonyl (C=O) groups excluding carboxylic acids is 1. The Bertz CT molecular complexity index is 868. The summed E-state index contributed by atoms with van der Waals surface area (Å²) in [5.41, 5.74) is 2.37. The minimum atomic E-state index is -0.287. The molecule has 3 heterocycles. The zero-order valence-electron chi connectivity index (χ0n) is 13.2. The molecule has 4 rings (SSSR count). The van der Waals surface area contributed by atoms with E-state index in [1.165, 1.54) is 0 Å². The number of thiophene rings is 1. The van der Waals surface area contributed by atoms with Crippen molar-refractivity contribution in [3.8, 4) is 10.6 Å². The number of pyridine rings is 1. The largest absolute Gasteiger partial charge is 0.393 e. The van der Waals surface area contributed by atoms with E-state index in [4.69, 9.17) is 4.98 Å². The Labute approximate surface area is 144 Å². The molecule has 122 valence electrons. The number of piperidine rings is 1. The molecule has 1 N–H and O–H groups in total. The first-order chi connectivity index (χ1) is 11.7. The number of fused-ring (bicyclic) bond motifs is 1. The Morgan fingerprint density at radius 2 is 1.96 bits per heavy atom. The molecule has 0 aliphatic carbocycles. The molecule has 0 unspecified atom stereocenters. The third kappa shape index (κ3) is 2.81. The lowest BCUT2D eigenvalue weighted by molar-refractivity contribution is 0.0548. The number of hydrogen-bond donors (Lipinski definition) is 1. The Kier molecular flexibility index (Phi) is 4.04. The van der Waals surface area contributed by atoms with Gasteiger partial charge in [-0.05, 0) is 36.4 Å². The first-order valence-corrected chi connectivity index (χ1v) is 9.01. The van der Waals surface area contributed by atoms with E-state index in [0.29, 0.717) is 31.5 Å². The van der Waals surface area contributed by atoms with Gasteiger partial charge in [-0.25, -0.2) is 4.98 Å². The second-order valence-electron chi connectivity index (χ2n) is 6.07. The zero-order valence-corrected chi connectivity index (χ0v) is 14.0. The Hall–Kier alpha value is -2.24. The fourth-order valence-electron chi connectivity index (χ4n) is 3.14. The van der Waals surface area contributed by atoms with Crippen LogP contribution in [-0.4, -0.2) is 40.1 Å². The van der Waals surface area contributed by atoms with Gasteiger partial charge in [0.15, 0.2) is 0 Å². The highest BCUT2D eigenvalue weighted by Gasteiger charge is 2.24. The first-order valence-electron chi connectivity index (χ1n) is 8.13. The summed E-state index contributed by atoms with van der Waals surface area (Å²) in [6.07, 6.45) is 1.00. The molecule has 1 aromatic carbocycles. The molecule has 0 saturated carbocycles. The van der Waals surface area contributed by atoms with Gasteiger partial charge < -0.3 is 10.0 Å². The summed E-state index contributed by atoms with van der Waals surface area (Å²) < 4.78 is 0. The van der Waals surface area contributed by atoms with Crippen LogP contribution in [0.4, 0.5) is 0 Å². The van der Waals surface area contributed by atoms with Gasteiger partial charge in [-0.3, -0.25) is 4.79 Å². The van der Waals surface area contributed by atoms with Crippen molar-refractivity contribution >= 4 is 28.1 Å². The van der Waals surface area contributed by atoms with Crippen molar-refractivity contribution in [2.75, 3.05) is 13.1 Å². The highest BCUT2D eigenvalue weighted by atomic mass is 32.1. The lowest BCUT2D eigenvalue weighted by atomic mass is 10.0. The van der Waals surface area contributed by atoms with Gasteiger partial charge >= 0.3 is 0 Å². The van der Waals surface area contributed by atoms with Gasteiger partial charge in [-0.2, -0.15) is 0 Å². The van der Waals surface area contributed by atoms with E-state index in [9.17, 15) is 9.90 Å². The number of para-hydroxylation sites is 1. The highest BCUT2D eigenvalue weighted by Crippen LogP contribution is 2.29. The molecule has 1 aliphatic rings. The minimum Gasteiger partial charge on any atom is -0.393 e. The zero-order chi connectivity index (χ0) is 16.5. The molecule has 4 nitrogen and oxygen atoms in total.